The molecule has 2 heterocycles. The van der Waals surface area contributed by atoms with Gasteiger partial charge in [0.05, 0.1) is 18.4 Å². The van der Waals surface area contributed by atoms with Crippen LogP contribution in [0.5, 0.6) is 0 Å². The Kier molecular flexibility index (Phi) is 7.05. The third-order valence-corrected chi connectivity index (χ3v) is 5.53. The van der Waals surface area contributed by atoms with E-state index in [0.29, 0.717) is 48.7 Å². The minimum absolute atomic E-state index is 0.266. The summed E-state index contributed by atoms with van der Waals surface area (Å²) in [5.41, 5.74) is 1.40. The van der Waals surface area contributed by atoms with Gasteiger partial charge in [0.2, 0.25) is 5.91 Å². The van der Waals surface area contributed by atoms with Gasteiger partial charge in [-0.1, -0.05) is 0 Å². The monoisotopic (exact) mass is 415 g/mol. The lowest BCUT2D eigenvalue weighted by atomic mass is 9.94. The lowest BCUT2D eigenvalue weighted by Crippen LogP contribution is -2.33. The number of methoxy groups -OCH3 is 1. The number of anilines is 1. The van der Waals surface area contributed by atoms with Crippen LogP contribution in [0.2, 0.25) is 0 Å². The summed E-state index contributed by atoms with van der Waals surface area (Å²) < 4.78 is 15.5. The van der Waals surface area contributed by atoms with Gasteiger partial charge in [-0.25, -0.2) is 4.79 Å². The molecule has 1 atom stereocenters. The Balaban J connectivity index is 1.63. The maximum absolute atomic E-state index is 12.2. The smallest absolute Gasteiger partial charge is 0.407 e. The molecule has 2 aromatic rings. The van der Waals surface area contributed by atoms with Gasteiger partial charge in [0, 0.05) is 31.0 Å². The van der Waals surface area contributed by atoms with E-state index in [4.69, 9.17) is 13.9 Å². The Hall–Kier alpha value is -3.09. The van der Waals surface area contributed by atoms with E-state index in [9.17, 15) is 14.9 Å². The zero-order valence-electron chi connectivity index (χ0n) is 15.9. The predicted molar refractivity (Wildman–Crippen MR) is 108 cm³/mol. The number of hydrogen-bond donors (Lipinski definition) is 2. The summed E-state index contributed by atoms with van der Waals surface area (Å²) in [5, 5.41) is 15.5. The van der Waals surface area contributed by atoms with Crippen molar-refractivity contribution in [2.75, 3.05) is 25.6 Å². The molecule has 2 N–H and O–H groups in total. The number of carbonyl (C=O) groups is 2. The fourth-order valence-corrected chi connectivity index (χ4v) is 4.27. The maximum atomic E-state index is 12.2. The number of thiophene rings is 1. The van der Waals surface area contributed by atoms with Crippen molar-refractivity contribution in [1.29, 1.82) is 5.26 Å². The van der Waals surface area contributed by atoms with E-state index in [1.165, 1.54) is 23.7 Å². The van der Waals surface area contributed by atoms with Crippen LogP contribution in [0.1, 0.15) is 28.2 Å². The Morgan fingerprint density at radius 1 is 1.48 bits per heavy atom. The van der Waals surface area contributed by atoms with Gasteiger partial charge in [-0.05, 0) is 36.6 Å². The van der Waals surface area contributed by atoms with E-state index in [-0.39, 0.29) is 12.0 Å². The van der Waals surface area contributed by atoms with Crippen LogP contribution in [0.4, 0.5) is 9.80 Å². The first kappa shape index (κ1) is 20.6. The third kappa shape index (κ3) is 5.47. The van der Waals surface area contributed by atoms with Gasteiger partial charge in [-0.15, -0.1) is 11.3 Å². The van der Waals surface area contributed by atoms with Gasteiger partial charge in [0.25, 0.3) is 0 Å². The van der Waals surface area contributed by atoms with Crippen LogP contribution in [0.15, 0.2) is 28.9 Å². The molecule has 2 amide bonds. The SMILES string of the molecule is COCCNC(=O)OC1CCc2c(sc(NC(=O)C=Cc3ccco3)c2C#N)C1. The Labute approximate surface area is 172 Å². The van der Waals surface area contributed by atoms with E-state index in [1.807, 2.05) is 0 Å². The topological polar surface area (TPSA) is 114 Å². The molecule has 2 aromatic heterocycles. The van der Waals surface area contributed by atoms with Gasteiger partial charge in [0.15, 0.2) is 0 Å². The first-order chi connectivity index (χ1) is 14.1. The van der Waals surface area contributed by atoms with E-state index in [1.54, 1.807) is 25.3 Å². The number of nitriles is 1. The van der Waals surface area contributed by atoms with Gasteiger partial charge in [-0.3, -0.25) is 4.79 Å². The first-order valence-corrected chi connectivity index (χ1v) is 9.93. The highest BCUT2D eigenvalue weighted by molar-refractivity contribution is 7.16. The maximum Gasteiger partial charge on any atom is 0.407 e. The summed E-state index contributed by atoms with van der Waals surface area (Å²) in [6.07, 6.45) is 5.45. The molecular formula is C20H21N3O5S. The molecule has 1 unspecified atom stereocenters. The minimum Gasteiger partial charge on any atom is -0.465 e. The summed E-state index contributed by atoms with van der Waals surface area (Å²) in [6, 6.07) is 5.65. The Morgan fingerprint density at radius 3 is 3.07 bits per heavy atom. The fourth-order valence-electron chi connectivity index (χ4n) is 3.01. The molecule has 0 saturated heterocycles. The van der Waals surface area contributed by atoms with E-state index >= 15 is 0 Å². The zero-order chi connectivity index (χ0) is 20.6. The van der Waals surface area contributed by atoms with Crippen LogP contribution in [0.25, 0.3) is 6.08 Å². The predicted octanol–water partition coefficient (Wildman–Crippen LogP) is 3.09. The molecule has 1 aliphatic rings. The molecular weight excluding hydrogens is 394 g/mol. The van der Waals surface area contributed by atoms with Crippen LogP contribution < -0.4 is 10.6 Å². The fraction of sp³-hybridized carbons (Fsp3) is 0.350. The second kappa shape index (κ2) is 9.91. The largest absolute Gasteiger partial charge is 0.465 e. The molecule has 0 spiro atoms. The van der Waals surface area contributed by atoms with Crippen molar-refractivity contribution < 1.29 is 23.5 Å². The highest BCUT2D eigenvalue weighted by Crippen LogP contribution is 2.38. The first-order valence-electron chi connectivity index (χ1n) is 9.11. The van der Waals surface area contributed by atoms with E-state index in [0.717, 1.165) is 10.4 Å². The van der Waals surface area contributed by atoms with Crippen molar-refractivity contribution in [3.05, 3.63) is 46.2 Å². The number of alkyl carbamates (subject to hydrolysis) is 1. The van der Waals surface area contributed by atoms with Crippen LogP contribution >= 0.6 is 11.3 Å². The van der Waals surface area contributed by atoms with Crippen molar-refractivity contribution in [2.45, 2.75) is 25.4 Å². The average Bonchev–Trinajstić information content (AvgIpc) is 3.33. The van der Waals surface area contributed by atoms with Gasteiger partial charge >= 0.3 is 6.09 Å². The van der Waals surface area contributed by atoms with E-state index in [2.05, 4.69) is 16.7 Å². The highest BCUT2D eigenvalue weighted by Gasteiger charge is 2.28. The number of amides is 2. The van der Waals surface area contributed by atoms with E-state index < -0.39 is 6.09 Å². The molecule has 1 aliphatic carbocycles. The number of fused-ring (bicyclic) bond motifs is 1. The summed E-state index contributed by atoms with van der Waals surface area (Å²) in [5.74, 6) is 0.219. The molecule has 0 fully saturated rings. The standard InChI is InChI=1S/C20H21N3O5S/c1-26-10-8-22-20(25)28-14-4-6-15-16(12-21)19(29-17(15)11-14)23-18(24)7-5-13-3-2-9-27-13/h2-3,5,7,9,14H,4,6,8,10-11H2,1H3,(H,22,25)(H,23,24). The average molecular weight is 415 g/mol. The molecule has 8 nitrogen and oxygen atoms in total. The second-order valence-corrected chi connectivity index (χ2v) is 7.45. The summed E-state index contributed by atoms with van der Waals surface area (Å²) in [4.78, 5) is 25.0. The molecule has 152 valence electrons. The normalized spacial score (nSPS) is 15.5. The van der Waals surface area contributed by atoms with Crippen molar-refractivity contribution in [3.63, 3.8) is 0 Å². The van der Waals surface area contributed by atoms with Gasteiger partial charge in [-0.2, -0.15) is 5.26 Å². The minimum atomic E-state index is -0.482. The van der Waals surface area contributed by atoms with Gasteiger partial charge < -0.3 is 24.5 Å². The lowest BCUT2D eigenvalue weighted by Gasteiger charge is -2.22. The van der Waals surface area contributed by atoms with Crippen molar-refractivity contribution in [3.8, 4) is 6.07 Å². The highest BCUT2D eigenvalue weighted by atomic mass is 32.1. The Bertz CT molecular complexity index is 927. The van der Waals surface area contributed by atoms with Crippen LogP contribution in [0, 0.1) is 11.3 Å². The van der Waals surface area contributed by atoms with Crippen molar-refractivity contribution in [2.24, 2.45) is 0 Å². The summed E-state index contributed by atoms with van der Waals surface area (Å²) >= 11 is 1.35. The van der Waals surface area contributed by atoms with Gasteiger partial charge in [0.1, 0.15) is 22.9 Å². The van der Waals surface area contributed by atoms with Crippen molar-refractivity contribution >= 4 is 34.4 Å². The number of nitrogens with zero attached hydrogens (tertiary/aromatic N) is 1. The molecule has 0 bridgehead atoms. The lowest BCUT2D eigenvalue weighted by molar-refractivity contribution is -0.111. The van der Waals surface area contributed by atoms with Crippen LogP contribution in [-0.2, 0) is 27.1 Å². The molecule has 0 aliphatic heterocycles. The number of hydrogen-bond acceptors (Lipinski definition) is 7. The van der Waals surface area contributed by atoms with Crippen molar-refractivity contribution in [1.82, 2.24) is 5.32 Å². The van der Waals surface area contributed by atoms with Crippen LogP contribution in [0.3, 0.4) is 0 Å². The second-order valence-electron chi connectivity index (χ2n) is 6.35. The summed E-state index contributed by atoms with van der Waals surface area (Å²) in [6.45, 7) is 0.796. The third-order valence-electron chi connectivity index (χ3n) is 4.36. The number of furan rings is 1. The number of nitrogens with one attached hydrogen (secondary N) is 2. The molecule has 0 saturated carbocycles. The number of ether oxygens (including phenoxy) is 2. The molecule has 9 heteroatoms. The molecule has 3 rings (SSSR count). The quantitative estimate of drug-likeness (QED) is 0.531. The number of rotatable bonds is 7. The van der Waals surface area contributed by atoms with Crippen LogP contribution in [-0.4, -0.2) is 38.4 Å². The zero-order valence-corrected chi connectivity index (χ0v) is 16.7. The Morgan fingerprint density at radius 2 is 2.34 bits per heavy atom. The number of carbonyl (C=O) groups excluding carboxylic acids is 2. The molecule has 0 aromatic carbocycles. The summed E-state index contributed by atoms with van der Waals surface area (Å²) in [7, 11) is 1.56. The molecule has 29 heavy (non-hydrogen) atoms. The molecule has 0 radical (unpaired) electrons.